The van der Waals surface area contributed by atoms with E-state index in [1.165, 1.54) is 10.4 Å². The molecule has 1 saturated heterocycles. The van der Waals surface area contributed by atoms with Gasteiger partial charge >= 0.3 is 5.97 Å². The number of carbonyl (C=O) groups is 1. The summed E-state index contributed by atoms with van der Waals surface area (Å²) in [5, 5.41) is 2.29. The van der Waals surface area contributed by atoms with Crippen molar-refractivity contribution in [2.75, 3.05) is 46.9 Å². The Morgan fingerprint density at radius 3 is 2.08 bits per heavy atom. The Bertz CT molecular complexity index is 1440. The van der Waals surface area contributed by atoms with Crippen LogP contribution in [-0.4, -0.2) is 81.4 Å². The van der Waals surface area contributed by atoms with Crippen molar-refractivity contribution in [3.05, 3.63) is 71.8 Å². The molecule has 0 N–H and O–H groups in total. The van der Waals surface area contributed by atoms with E-state index in [-0.39, 0.29) is 35.7 Å². The Hall–Kier alpha value is -2.16. The van der Waals surface area contributed by atoms with Crippen LogP contribution in [-0.2, 0) is 37.3 Å². The van der Waals surface area contributed by atoms with E-state index >= 15 is 0 Å². The zero-order valence-electron chi connectivity index (χ0n) is 31.9. The number of fused-ring (bicyclic) bond motifs is 2. The summed E-state index contributed by atoms with van der Waals surface area (Å²) in [7, 11) is -3.12. The molecule has 2 bridgehead atoms. The maximum Gasteiger partial charge on any atom is 0.337 e. The number of methoxy groups -OCH3 is 1. The molecule has 6 rings (SSSR count). The summed E-state index contributed by atoms with van der Waals surface area (Å²) in [5.74, 6) is -0.593. The van der Waals surface area contributed by atoms with Crippen molar-refractivity contribution in [3.63, 3.8) is 0 Å². The van der Waals surface area contributed by atoms with E-state index in [0.29, 0.717) is 51.3 Å². The van der Waals surface area contributed by atoms with Crippen LogP contribution in [0.4, 0.5) is 0 Å². The molecule has 0 amide bonds. The summed E-state index contributed by atoms with van der Waals surface area (Å²) < 4.78 is 44.6. The van der Waals surface area contributed by atoms with Gasteiger partial charge in [-0.15, -0.1) is 0 Å². The van der Waals surface area contributed by atoms with Crippen LogP contribution >= 0.6 is 0 Å². The minimum atomic E-state index is -2.79. The molecule has 1 spiro atoms. The molecule has 6 atom stereocenters. The molecule has 3 fully saturated rings. The lowest BCUT2D eigenvalue weighted by Gasteiger charge is -2.46. The van der Waals surface area contributed by atoms with E-state index in [0.717, 1.165) is 42.1 Å². The molecule has 0 aromatic heterocycles. The fraction of sp³-hybridized carbons (Fsp3) is 0.634. The Balaban J connectivity index is 1.34. The van der Waals surface area contributed by atoms with Gasteiger partial charge in [-0.3, -0.25) is 0 Å². The summed E-state index contributed by atoms with van der Waals surface area (Å²) >= 11 is 0. The third-order valence-electron chi connectivity index (χ3n) is 12.5. The Labute approximate surface area is 307 Å². The number of esters is 1. The van der Waals surface area contributed by atoms with Gasteiger partial charge in [0.25, 0.3) is 8.32 Å². The molecule has 10 heteroatoms. The number of carbonyl (C=O) groups excluding carboxylic acids is 1. The number of rotatable bonds is 19. The third-order valence-corrected chi connectivity index (χ3v) is 22.2. The monoisotopic (exact) mass is 736 g/mol. The van der Waals surface area contributed by atoms with E-state index in [9.17, 15) is 4.79 Å². The molecule has 0 unspecified atom stereocenters. The first kappa shape index (κ1) is 38.6. The standard InChI is InChI=1S/C41H60O8Si2/c1-8-50(9-2,10-3)49-38-35-32(21-24-44-29-45-28-27-43-7)33-22-25-46-41(37(33)38)36(35)34(39(42)48-41)23-26-47-51(40(4,5)6,30-17-13-11-14-18-30)31-19-15-12-16-20-31/h11-20,32-33,35,37-38H,8-10,21-29H2,1-7H3/t32-,33-,35-,37-,38-,41-/m1/s1. The second kappa shape index (κ2) is 16.1. The van der Waals surface area contributed by atoms with Crippen LogP contribution in [0.25, 0.3) is 0 Å². The summed E-state index contributed by atoms with van der Waals surface area (Å²) in [4.78, 5) is 14.1. The highest BCUT2D eigenvalue weighted by Gasteiger charge is 2.76. The molecule has 2 aromatic rings. The largest absolute Gasteiger partial charge is 0.425 e. The van der Waals surface area contributed by atoms with Gasteiger partial charge in [-0.2, -0.15) is 0 Å². The summed E-state index contributed by atoms with van der Waals surface area (Å²) in [6, 6.07) is 24.6. The highest BCUT2D eigenvalue weighted by atomic mass is 28.4. The second-order valence-corrected chi connectivity index (χ2v) is 24.8. The molecule has 4 aliphatic rings. The van der Waals surface area contributed by atoms with Crippen LogP contribution in [0, 0.1) is 23.7 Å². The zero-order chi connectivity index (χ0) is 36.3. The van der Waals surface area contributed by atoms with Gasteiger partial charge in [-0.25, -0.2) is 4.79 Å². The van der Waals surface area contributed by atoms with Gasteiger partial charge in [-0.05, 0) is 58.2 Å². The van der Waals surface area contributed by atoms with Crippen molar-refractivity contribution in [2.45, 2.75) is 95.9 Å². The molecule has 2 saturated carbocycles. The van der Waals surface area contributed by atoms with E-state index in [1.807, 2.05) is 0 Å². The lowest BCUT2D eigenvalue weighted by atomic mass is 9.69. The number of benzene rings is 2. The summed E-state index contributed by atoms with van der Waals surface area (Å²) in [5.41, 5.74) is 1.78. The molecule has 51 heavy (non-hydrogen) atoms. The van der Waals surface area contributed by atoms with E-state index < -0.39 is 22.4 Å². The molecule has 0 radical (unpaired) electrons. The van der Waals surface area contributed by atoms with Crippen LogP contribution < -0.4 is 10.4 Å². The van der Waals surface area contributed by atoms with Crippen molar-refractivity contribution in [3.8, 4) is 0 Å². The van der Waals surface area contributed by atoms with Gasteiger partial charge < -0.3 is 32.5 Å². The van der Waals surface area contributed by atoms with Gasteiger partial charge in [0.05, 0.1) is 31.8 Å². The van der Waals surface area contributed by atoms with Crippen LogP contribution in [0.1, 0.15) is 60.8 Å². The third kappa shape index (κ3) is 6.89. The summed E-state index contributed by atoms with van der Waals surface area (Å²) in [6.45, 7) is 16.6. The van der Waals surface area contributed by atoms with Gasteiger partial charge in [0.15, 0.2) is 8.32 Å². The van der Waals surface area contributed by atoms with E-state index in [4.69, 9.17) is 32.5 Å². The fourth-order valence-corrected chi connectivity index (χ4v) is 17.4. The first-order valence-electron chi connectivity index (χ1n) is 19.3. The average Bonchev–Trinajstić information content (AvgIpc) is 3.69. The van der Waals surface area contributed by atoms with Gasteiger partial charge in [-0.1, -0.05) is 102 Å². The minimum absolute atomic E-state index is 0.00947. The van der Waals surface area contributed by atoms with Crippen molar-refractivity contribution >= 4 is 33.0 Å². The highest BCUT2D eigenvalue weighted by Crippen LogP contribution is 2.69. The SMILES string of the molecule is CC[Si](CC)(CC)O[C@@H]1[C@H]2C3=C(CCO[Si](c4ccccc4)(c4ccccc4)C(C)(C)C)C(=O)O[C@]34OCC[C@H]([C@H]2CCOCOCCOC)[C@H]14. The second-order valence-electron chi connectivity index (χ2n) is 15.8. The Morgan fingerprint density at radius 2 is 1.49 bits per heavy atom. The topological polar surface area (TPSA) is 81.7 Å². The zero-order valence-corrected chi connectivity index (χ0v) is 33.9. The maximum absolute atomic E-state index is 14.1. The molecular formula is C41H60O8Si2. The van der Waals surface area contributed by atoms with Crippen LogP contribution in [0.5, 0.6) is 0 Å². The number of hydrogen-bond donors (Lipinski definition) is 0. The van der Waals surface area contributed by atoms with Crippen molar-refractivity contribution in [2.24, 2.45) is 23.7 Å². The van der Waals surface area contributed by atoms with Gasteiger partial charge in [0.1, 0.15) is 6.79 Å². The first-order valence-corrected chi connectivity index (χ1v) is 23.7. The van der Waals surface area contributed by atoms with Crippen molar-refractivity contribution < 1.29 is 37.3 Å². The molecule has 2 aromatic carbocycles. The quantitative estimate of drug-likeness (QED) is 0.0673. The predicted molar refractivity (Wildman–Crippen MR) is 204 cm³/mol. The highest BCUT2D eigenvalue weighted by molar-refractivity contribution is 6.99. The van der Waals surface area contributed by atoms with Crippen LogP contribution in [0.2, 0.25) is 23.2 Å². The molecule has 2 aliphatic carbocycles. The minimum Gasteiger partial charge on any atom is -0.425 e. The van der Waals surface area contributed by atoms with Crippen LogP contribution in [0.15, 0.2) is 71.8 Å². The fourth-order valence-electron chi connectivity index (χ4n) is 9.99. The summed E-state index contributed by atoms with van der Waals surface area (Å²) in [6.07, 6.45) is 2.25. The normalized spacial score (nSPS) is 27.3. The predicted octanol–water partition coefficient (Wildman–Crippen LogP) is 6.83. The molecule has 2 heterocycles. The molecule has 280 valence electrons. The Kier molecular flexibility index (Phi) is 12.1. The number of ether oxygens (including phenoxy) is 5. The van der Waals surface area contributed by atoms with Crippen molar-refractivity contribution in [1.29, 1.82) is 0 Å². The molecule has 2 aliphatic heterocycles. The van der Waals surface area contributed by atoms with Crippen LogP contribution in [0.3, 0.4) is 0 Å². The van der Waals surface area contributed by atoms with E-state index in [2.05, 4.69) is 102 Å². The molecule has 8 nitrogen and oxygen atoms in total. The smallest absolute Gasteiger partial charge is 0.337 e. The molecular weight excluding hydrogens is 677 g/mol. The van der Waals surface area contributed by atoms with Gasteiger partial charge in [0.2, 0.25) is 5.79 Å². The Morgan fingerprint density at radius 1 is 0.863 bits per heavy atom. The lowest BCUT2D eigenvalue weighted by Crippen LogP contribution is -2.66. The first-order chi connectivity index (χ1) is 24.6. The lowest BCUT2D eigenvalue weighted by molar-refractivity contribution is -0.256. The number of hydrogen-bond acceptors (Lipinski definition) is 8. The van der Waals surface area contributed by atoms with Crippen molar-refractivity contribution in [1.82, 2.24) is 0 Å². The average molecular weight is 737 g/mol. The van der Waals surface area contributed by atoms with Gasteiger partial charge in [0, 0.05) is 43.8 Å². The van der Waals surface area contributed by atoms with E-state index in [1.54, 1.807) is 7.11 Å². The maximum atomic E-state index is 14.1.